The summed E-state index contributed by atoms with van der Waals surface area (Å²) < 4.78 is 32.1. The van der Waals surface area contributed by atoms with Gasteiger partial charge >= 0.3 is 6.03 Å². The van der Waals surface area contributed by atoms with Crippen LogP contribution in [0.4, 0.5) is 16.3 Å². The lowest BCUT2D eigenvalue weighted by molar-refractivity contribution is 0.122. The van der Waals surface area contributed by atoms with E-state index in [1.165, 1.54) is 0 Å². The van der Waals surface area contributed by atoms with Crippen LogP contribution in [-0.4, -0.2) is 66.4 Å². The minimum absolute atomic E-state index is 0.457. The van der Waals surface area contributed by atoms with Crippen LogP contribution in [-0.2, 0) is 27.6 Å². The number of carbonyl (C=O) groups excluding carboxylic acids is 1. The number of anilines is 2. The molecule has 5 aromatic rings. The Hall–Kier alpha value is -4.55. The van der Waals surface area contributed by atoms with Crippen molar-refractivity contribution in [1.29, 1.82) is 0 Å². The number of pyridine rings is 1. The number of amides is 2. The number of aromatic nitrogens is 4. The van der Waals surface area contributed by atoms with Gasteiger partial charge in [-0.2, -0.15) is 0 Å². The monoisotopic (exact) mass is 571 g/mol. The van der Waals surface area contributed by atoms with Crippen LogP contribution in [0, 0.1) is 0 Å². The second-order valence-electron chi connectivity index (χ2n) is 9.89. The second-order valence-corrected chi connectivity index (χ2v) is 11.6. The number of hydrogen-bond acceptors (Lipinski definition) is 8. The summed E-state index contributed by atoms with van der Waals surface area (Å²) in [5.41, 5.74) is 5.85. The van der Waals surface area contributed by atoms with Crippen LogP contribution in [0.3, 0.4) is 0 Å². The molecular weight excluding hydrogens is 542 g/mol. The third-order valence-electron chi connectivity index (χ3n) is 6.85. The predicted octanol–water partition coefficient (Wildman–Crippen LogP) is 3.65. The van der Waals surface area contributed by atoms with Gasteiger partial charge in [0.1, 0.15) is 0 Å². The largest absolute Gasteiger partial charge is 0.378 e. The van der Waals surface area contributed by atoms with Crippen molar-refractivity contribution in [3.05, 3.63) is 84.4 Å². The Labute approximate surface area is 237 Å². The molecule has 210 valence electrons. The number of nitrogens with zero attached hydrogens (tertiary/aromatic N) is 5. The Kier molecular flexibility index (Phi) is 7.25. The summed E-state index contributed by atoms with van der Waals surface area (Å²) in [5, 5.41) is 3.64. The average Bonchev–Trinajstić information content (AvgIpc) is 3.40. The van der Waals surface area contributed by atoms with Gasteiger partial charge in [0, 0.05) is 41.6 Å². The standard InChI is InChI=1S/C29H29N7O4S/c1-41(38,39)34-29(37)33-23-10-7-21(8-11-23)26-18-30-27(35-14-16-40-17-15-35)28-32-24(19-36(26)28)13-12-22-9-6-20-4-2-3-5-25(20)31-22/h2-11,18-19H,12-17H2,1H3,(H2,33,34,37). The molecule has 0 radical (unpaired) electrons. The van der Waals surface area contributed by atoms with E-state index in [4.69, 9.17) is 19.7 Å². The summed E-state index contributed by atoms with van der Waals surface area (Å²) >= 11 is 0. The molecule has 2 N–H and O–H groups in total. The highest BCUT2D eigenvalue weighted by molar-refractivity contribution is 7.89. The van der Waals surface area contributed by atoms with E-state index >= 15 is 0 Å². The lowest BCUT2D eigenvalue weighted by Crippen LogP contribution is -2.37. The first kappa shape index (κ1) is 26.7. The zero-order valence-corrected chi connectivity index (χ0v) is 23.3. The number of fused-ring (bicyclic) bond motifs is 2. The summed E-state index contributed by atoms with van der Waals surface area (Å²) in [6, 6.07) is 18.5. The molecule has 0 spiro atoms. The fourth-order valence-electron chi connectivity index (χ4n) is 4.90. The quantitative estimate of drug-likeness (QED) is 0.303. The molecule has 0 atom stereocenters. The van der Waals surface area contributed by atoms with E-state index in [0.29, 0.717) is 25.3 Å². The highest BCUT2D eigenvalue weighted by Gasteiger charge is 2.20. The van der Waals surface area contributed by atoms with Crippen LogP contribution in [0.5, 0.6) is 0 Å². The molecule has 0 bridgehead atoms. The fourth-order valence-corrected chi connectivity index (χ4v) is 5.29. The molecule has 2 aromatic carbocycles. The molecule has 11 nitrogen and oxygen atoms in total. The lowest BCUT2D eigenvalue weighted by Gasteiger charge is -2.28. The SMILES string of the molecule is CS(=O)(=O)NC(=O)Nc1ccc(-c2cnc(N3CCOCC3)c3nc(CCc4ccc5ccccc5n4)cn23)cc1. The number of hydrogen-bond donors (Lipinski definition) is 2. The smallest absolute Gasteiger partial charge is 0.332 e. The molecular formula is C29H29N7O4S. The third-order valence-corrected chi connectivity index (χ3v) is 7.40. The van der Waals surface area contributed by atoms with E-state index in [0.717, 1.165) is 70.8 Å². The molecule has 0 saturated carbocycles. The number of nitrogens with one attached hydrogen (secondary N) is 2. The Morgan fingerprint density at radius 2 is 1.71 bits per heavy atom. The van der Waals surface area contributed by atoms with Gasteiger partial charge in [0.15, 0.2) is 11.5 Å². The molecule has 6 rings (SSSR count). The summed E-state index contributed by atoms with van der Waals surface area (Å²) in [5.74, 6) is 0.808. The highest BCUT2D eigenvalue weighted by atomic mass is 32.2. The predicted molar refractivity (Wildman–Crippen MR) is 158 cm³/mol. The highest BCUT2D eigenvalue weighted by Crippen LogP contribution is 2.28. The Morgan fingerprint density at radius 3 is 2.49 bits per heavy atom. The second kappa shape index (κ2) is 11.1. The number of ether oxygens (including phenoxy) is 1. The molecule has 3 aromatic heterocycles. The number of para-hydroxylation sites is 1. The first-order valence-electron chi connectivity index (χ1n) is 13.3. The topological polar surface area (TPSA) is 131 Å². The number of urea groups is 1. The van der Waals surface area contributed by atoms with Gasteiger partial charge in [-0.05, 0) is 37.1 Å². The van der Waals surface area contributed by atoms with E-state index in [9.17, 15) is 13.2 Å². The molecule has 2 amide bonds. The maximum atomic E-state index is 11.9. The lowest BCUT2D eigenvalue weighted by atomic mass is 10.1. The molecule has 1 aliphatic heterocycles. The van der Waals surface area contributed by atoms with E-state index in [1.54, 1.807) is 12.1 Å². The first-order chi connectivity index (χ1) is 19.8. The van der Waals surface area contributed by atoms with E-state index < -0.39 is 16.1 Å². The summed E-state index contributed by atoms with van der Waals surface area (Å²) in [7, 11) is -3.66. The Morgan fingerprint density at radius 1 is 0.951 bits per heavy atom. The molecule has 12 heteroatoms. The van der Waals surface area contributed by atoms with Gasteiger partial charge in [-0.1, -0.05) is 36.4 Å². The van der Waals surface area contributed by atoms with Crippen molar-refractivity contribution in [3.63, 3.8) is 0 Å². The summed E-state index contributed by atoms with van der Waals surface area (Å²) in [6.07, 6.45) is 6.26. The molecule has 41 heavy (non-hydrogen) atoms. The van der Waals surface area contributed by atoms with Crippen molar-refractivity contribution >= 4 is 44.1 Å². The zero-order chi connectivity index (χ0) is 28.4. The van der Waals surface area contributed by atoms with Crippen molar-refractivity contribution in [2.45, 2.75) is 12.8 Å². The van der Waals surface area contributed by atoms with Crippen LogP contribution in [0.15, 0.2) is 73.1 Å². The number of carbonyl (C=O) groups is 1. The van der Waals surface area contributed by atoms with Crippen molar-refractivity contribution in [2.24, 2.45) is 0 Å². The number of sulfonamides is 1. The van der Waals surface area contributed by atoms with Gasteiger partial charge in [-0.15, -0.1) is 0 Å². The van der Waals surface area contributed by atoms with E-state index in [2.05, 4.69) is 32.8 Å². The number of aryl methyl sites for hydroxylation is 2. The van der Waals surface area contributed by atoms with E-state index in [1.807, 2.05) is 47.4 Å². The van der Waals surface area contributed by atoms with Gasteiger partial charge < -0.3 is 15.0 Å². The van der Waals surface area contributed by atoms with Crippen molar-refractivity contribution < 1.29 is 17.9 Å². The number of benzene rings is 2. The van der Waals surface area contributed by atoms with Gasteiger partial charge in [0.05, 0.1) is 42.6 Å². The van der Waals surface area contributed by atoms with Gasteiger partial charge in [-0.25, -0.2) is 27.9 Å². The molecule has 1 fully saturated rings. The van der Waals surface area contributed by atoms with Gasteiger partial charge in [-0.3, -0.25) is 9.38 Å². The van der Waals surface area contributed by atoms with Crippen LogP contribution >= 0.6 is 0 Å². The molecule has 1 aliphatic rings. The van der Waals surface area contributed by atoms with Crippen LogP contribution in [0.25, 0.3) is 27.8 Å². The van der Waals surface area contributed by atoms with Crippen molar-refractivity contribution in [1.82, 2.24) is 24.1 Å². The third kappa shape index (κ3) is 6.13. The van der Waals surface area contributed by atoms with Crippen LogP contribution in [0.1, 0.15) is 11.4 Å². The molecule has 1 saturated heterocycles. The molecule has 0 aliphatic carbocycles. The summed E-state index contributed by atoms with van der Waals surface area (Å²) in [4.78, 5) is 28.8. The van der Waals surface area contributed by atoms with Gasteiger partial charge in [0.2, 0.25) is 10.0 Å². The normalized spacial score (nSPS) is 13.9. The zero-order valence-electron chi connectivity index (χ0n) is 22.4. The Bertz CT molecular complexity index is 1830. The number of morpholine rings is 1. The average molecular weight is 572 g/mol. The fraction of sp³-hybridized carbons (Fsp3) is 0.241. The minimum Gasteiger partial charge on any atom is -0.378 e. The van der Waals surface area contributed by atoms with E-state index in [-0.39, 0.29) is 0 Å². The number of rotatable bonds is 7. The molecule has 0 unspecified atom stereocenters. The van der Waals surface area contributed by atoms with Crippen molar-refractivity contribution in [2.75, 3.05) is 42.8 Å². The summed E-state index contributed by atoms with van der Waals surface area (Å²) in [6.45, 7) is 2.75. The maximum Gasteiger partial charge on any atom is 0.332 e. The first-order valence-corrected chi connectivity index (χ1v) is 15.2. The molecule has 4 heterocycles. The maximum absolute atomic E-state index is 11.9. The van der Waals surface area contributed by atoms with Crippen molar-refractivity contribution in [3.8, 4) is 11.3 Å². The Balaban J connectivity index is 1.29. The van der Waals surface area contributed by atoms with Gasteiger partial charge in [0.25, 0.3) is 0 Å². The van der Waals surface area contributed by atoms with Crippen LogP contribution in [0.2, 0.25) is 0 Å². The van der Waals surface area contributed by atoms with Crippen LogP contribution < -0.4 is 14.9 Å². The minimum atomic E-state index is -3.66. The number of imidazole rings is 1.